The van der Waals surface area contributed by atoms with Crippen LogP contribution in [0.25, 0.3) is 0 Å². The Morgan fingerprint density at radius 2 is 1.67 bits per heavy atom. The lowest BCUT2D eigenvalue weighted by Gasteiger charge is -2.33. The Bertz CT molecular complexity index is 819. The van der Waals surface area contributed by atoms with Gasteiger partial charge in [0.15, 0.2) is 0 Å². The third kappa shape index (κ3) is 3.79. The highest BCUT2D eigenvalue weighted by Gasteiger charge is 2.32. The molecule has 2 aromatic rings. The molecule has 0 radical (unpaired) electrons. The third-order valence-electron chi connectivity index (χ3n) is 6.13. The number of amides is 1. The minimum absolute atomic E-state index is 0.116. The van der Waals surface area contributed by atoms with Crippen molar-refractivity contribution in [3.63, 3.8) is 0 Å². The molecule has 2 aliphatic rings. The third-order valence-corrected chi connectivity index (χ3v) is 6.13. The van der Waals surface area contributed by atoms with Gasteiger partial charge in [0.2, 0.25) is 0 Å². The smallest absolute Gasteiger partial charge is 0.253 e. The molecule has 2 heterocycles. The van der Waals surface area contributed by atoms with Gasteiger partial charge in [0.1, 0.15) is 0 Å². The summed E-state index contributed by atoms with van der Waals surface area (Å²) in [5.41, 5.74) is 5.13. The van der Waals surface area contributed by atoms with Gasteiger partial charge in [-0.25, -0.2) is 0 Å². The average Bonchev–Trinajstić information content (AvgIpc) is 3.16. The van der Waals surface area contributed by atoms with Crippen molar-refractivity contribution < 1.29 is 4.79 Å². The van der Waals surface area contributed by atoms with E-state index in [-0.39, 0.29) is 11.3 Å². The molecule has 2 aliphatic heterocycles. The number of likely N-dealkylation sites (tertiary alicyclic amines) is 1. The fraction of sp³-hybridized carbons (Fsp3) is 0.458. The Morgan fingerprint density at radius 3 is 2.37 bits per heavy atom. The zero-order valence-electron chi connectivity index (χ0n) is 16.7. The molecule has 1 fully saturated rings. The van der Waals surface area contributed by atoms with Crippen molar-refractivity contribution in [2.75, 3.05) is 19.6 Å². The Labute approximate surface area is 163 Å². The fourth-order valence-corrected chi connectivity index (χ4v) is 4.35. The number of carbonyl (C=O) groups is 1. The minimum atomic E-state index is 0.116. The van der Waals surface area contributed by atoms with E-state index in [9.17, 15) is 4.79 Å². The first kappa shape index (κ1) is 18.2. The Kier molecular flexibility index (Phi) is 4.81. The van der Waals surface area contributed by atoms with Crippen molar-refractivity contribution in [1.82, 2.24) is 9.80 Å². The van der Waals surface area contributed by atoms with Gasteiger partial charge >= 0.3 is 0 Å². The summed E-state index contributed by atoms with van der Waals surface area (Å²) >= 11 is 0. The Morgan fingerprint density at radius 1 is 0.963 bits per heavy atom. The number of rotatable bonds is 2. The average molecular weight is 363 g/mol. The van der Waals surface area contributed by atoms with Crippen LogP contribution in [0.5, 0.6) is 0 Å². The Balaban J connectivity index is 1.40. The molecule has 0 saturated carbocycles. The molecule has 2 aromatic carbocycles. The fourth-order valence-electron chi connectivity index (χ4n) is 4.35. The van der Waals surface area contributed by atoms with Crippen molar-refractivity contribution in [2.45, 2.75) is 51.6 Å². The van der Waals surface area contributed by atoms with Crippen LogP contribution < -0.4 is 0 Å². The van der Waals surface area contributed by atoms with Gasteiger partial charge in [0.25, 0.3) is 5.91 Å². The first-order valence-electron chi connectivity index (χ1n) is 10.1. The number of nitrogens with zero attached hydrogens (tertiary/aromatic N) is 2. The lowest BCUT2D eigenvalue weighted by Crippen LogP contribution is -2.41. The summed E-state index contributed by atoms with van der Waals surface area (Å²) in [7, 11) is 0. The van der Waals surface area contributed by atoms with Crippen LogP contribution >= 0.6 is 0 Å². The summed E-state index contributed by atoms with van der Waals surface area (Å²) in [5.74, 6) is 0.176. The van der Waals surface area contributed by atoms with E-state index < -0.39 is 0 Å². The van der Waals surface area contributed by atoms with Gasteiger partial charge in [0.05, 0.1) is 0 Å². The molecule has 0 bridgehead atoms. The molecule has 1 unspecified atom stereocenters. The highest BCUT2D eigenvalue weighted by Crippen LogP contribution is 2.26. The van der Waals surface area contributed by atoms with Crippen LogP contribution in [0.1, 0.15) is 54.2 Å². The van der Waals surface area contributed by atoms with Gasteiger partial charge in [-0.1, -0.05) is 57.2 Å². The van der Waals surface area contributed by atoms with Crippen molar-refractivity contribution in [3.05, 3.63) is 70.8 Å². The van der Waals surface area contributed by atoms with E-state index in [1.165, 1.54) is 16.7 Å². The van der Waals surface area contributed by atoms with E-state index in [2.05, 4.69) is 62.1 Å². The van der Waals surface area contributed by atoms with E-state index in [4.69, 9.17) is 0 Å². The number of benzene rings is 2. The molecule has 27 heavy (non-hydrogen) atoms. The highest BCUT2D eigenvalue weighted by molar-refractivity contribution is 5.94. The second-order valence-electron chi connectivity index (χ2n) is 9.01. The predicted octanol–water partition coefficient (Wildman–Crippen LogP) is 4.26. The van der Waals surface area contributed by atoms with Crippen molar-refractivity contribution in [3.8, 4) is 0 Å². The van der Waals surface area contributed by atoms with Crippen LogP contribution in [0.4, 0.5) is 0 Å². The van der Waals surface area contributed by atoms with Crippen LogP contribution in [-0.2, 0) is 18.4 Å². The first-order chi connectivity index (χ1) is 12.9. The molecule has 0 aromatic heterocycles. The maximum absolute atomic E-state index is 12.9. The van der Waals surface area contributed by atoms with E-state index in [0.717, 1.165) is 44.6 Å². The summed E-state index contributed by atoms with van der Waals surface area (Å²) in [6.45, 7) is 10.4. The SMILES string of the molecule is CC(C)(C)c1ccc(C(=O)N2CCC(N3CCc4ccccc4C3)C2)cc1. The molecule has 0 N–H and O–H groups in total. The number of fused-ring (bicyclic) bond motifs is 1. The zero-order valence-corrected chi connectivity index (χ0v) is 16.7. The van der Waals surface area contributed by atoms with Crippen molar-refractivity contribution >= 4 is 5.91 Å². The molecule has 1 saturated heterocycles. The van der Waals surface area contributed by atoms with Crippen LogP contribution in [0.15, 0.2) is 48.5 Å². The molecule has 1 amide bonds. The molecule has 3 nitrogen and oxygen atoms in total. The zero-order chi connectivity index (χ0) is 19.0. The molecule has 3 heteroatoms. The molecular formula is C24H30N2O. The van der Waals surface area contributed by atoms with E-state index in [1.54, 1.807) is 0 Å². The van der Waals surface area contributed by atoms with Gasteiger partial charge in [-0.05, 0) is 47.1 Å². The predicted molar refractivity (Wildman–Crippen MR) is 110 cm³/mol. The van der Waals surface area contributed by atoms with Gasteiger partial charge < -0.3 is 4.90 Å². The number of hydrogen-bond donors (Lipinski definition) is 0. The van der Waals surface area contributed by atoms with Crippen molar-refractivity contribution in [1.29, 1.82) is 0 Å². The van der Waals surface area contributed by atoms with Crippen LogP contribution in [-0.4, -0.2) is 41.4 Å². The summed E-state index contributed by atoms with van der Waals surface area (Å²) in [4.78, 5) is 17.5. The highest BCUT2D eigenvalue weighted by atomic mass is 16.2. The molecule has 4 rings (SSSR count). The minimum Gasteiger partial charge on any atom is -0.337 e. The monoisotopic (exact) mass is 362 g/mol. The van der Waals surface area contributed by atoms with Crippen LogP contribution in [0.2, 0.25) is 0 Å². The van der Waals surface area contributed by atoms with E-state index >= 15 is 0 Å². The van der Waals surface area contributed by atoms with Crippen LogP contribution in [0.3, 0.4) is 0 Å². The molecule has 1 atom stereocenters. The second kappa shape index (κ2) is 7.12. The summed E-state index contributed by atoms with van der Waals surface area (Å²) in [6, 6.07) is 17.4. The quantitative estimate of drug-likeness (QED) is 0.797. The normalized spacial score (nSPS) is 20.6. The molecule has 0 aliphatic carbocycles. The molecular weight excluding hydrogens is 332 g/mol. The van der Waals surface area contributed by atoms with E-state index in [0.29, 0.717) is 6.04 Å². The number of hydrogen-bond acceptors (Lipinski definition) is 2. The van der Waals surface area contributed by atoms with Crippen LogP contribution in [0, 0.1) is 0 Å². The second-order valence-corrected chi connectivity index (χ2v) is 9.01. The Hall–Kier alpha value is -2.13. The lowest BCUT2D eigenvalue weighted by atomic mass is 9.86. The molecule has 142 valence electrons. The topological polar surface area (TPSA) is 23.6 Å². The van der Waals surface area contributed by atoms with E-state index in [1.807, 2.05) is 17.0 Å². The maximum atomic E-state index is 12.9. The van der Waals surface area contributed by atoms with Gasteiger partial charge in [-0.15, -0.1) is 0 Å². The number of carbonyl (C=O) groups excluding carboxylic acids is 1. The maximum Gasteiger partial charge on any atom is 0.253 e. The van der Waals surface area contributed by atoms with Gasteiger partial charge in [-0.3, -0.25) is 9.69 Å². The van der Waals surface area contributed by atoms with Gasteiger partial charge in [-0.2, -0.15) is 0 Å². The largest absolute Gasteiger partial charge is 0.337 e. The van der Waals surface area contributed by atoms with Gasteiger partial charge in [0, 0.05) is 37.8 Å². The summed E-state index contributed by atoms with van der Waals surface area (Å²) in [6.07, 6.45) is 2.20. The lowest BCUT2D eigenvalue weighted by molar-refractivity contribution is 0.0773. The summed E-state index contributed by atoms with van der Waals surface area (Å²) < 4.78 is 0. The first-order valence-corrected chi connectivity index (χ1v) is 10.1. The summed E-state index contributed by atoms with van der Waals surface area (Å²) in [5, 5.41) is 0. The standard InChI is InChI=1S/C24H30N2O/c1-24(2,3)21-10-8-19(9-11-21)23(27)26-15-13-22(17-26)25-14-12-18-6-4-5-7-20(18)16-25/h4-11,22H,12-17H2,1-3H3. The van der Waals surface area contributed by atoms with Crippen molar-refractivity contribution in [2.24, 2.45) is 0 Å². The molecule has 0 spiro atoms.